The molecule has 1 aromatic carbocycles. The minimum Gasteiger partial charge on any atom is -0.322 e. The molecule has 0 radical (unpaired) electrons. The van der Waals surface area contributed by atoms with Crippen LogP contribution in [0.25, 0.3) is 11.0 Å². The largest absolute Gasteiger partial charge is 0.322 e. The number of imidazole rings is 1. The number of likely N-dealkylation sites (N-methyl/N-ethyl adjacent to an activating group) is 1. The summed E-state index contributed by atoms with van der Waals surface area (Å²) < 4.78 is 3.57. The summed E-state index contributed by atoms with van der Waals surface area (Å²) in [4.78, 5) is 7.12. The molecule has 102 valence electrons. The van der Waals surface area contributed by atoms with Gasteiger partial charge in [0.05, 0.1) is 16.4 Å². The molecular weight excluding hydrogens is 373 g/mol. The van der Waals surface area contributed by atoms with Gasteiger partial charge in [-0.05, 0) is 67.7 Å². The summed E-state index contributed by atoms with van der Waals surface area (Å²) in [6, 6.07) is 6.94. The molecule has 0 spiro atoms. The van der Waals surface area contributed by atoms with Crippen molar-refractivity contribution in [2.75, 3.05) is 20.1 Å². The molecule has 0 saturated carbocycles. The molecule has 3 nitrogen and oxygen atoms in total. The fraction of sp³-hybridized carbons (Fsp3) is 0.500. The average molecular weight is 390 g/mol. The maximum absolute atomic E-state index is 6.34. The van der Waals surface area contributed by atoms with E-state index in [9.17, 15) is 0 Å². The minimum absolute atomic E-state index is 0.0593. The Kier molecular flexibility index (Phi) is 3.75. The second-order valence-electron chi connectivity index (χ2n) is 5.29. The van der Waals surface area contributed by atoms with Gasteiger partial charge < -0.3 is 9.47 Å². The highest BCUT2D eigenvalue weighted by atomic mass is 127. The van der Waals surface area contributed by atoms with Gasteiger partial charge in [-0.2, -0.15) is 0 Å². The molecule has 1 aliphatic heterocycles. The molecule has 2 unspecified atom stereocenters. The Morgan fingerprint density at radius 3 is 2.89 bits per heavy atom. The second-order valence-corrected chi connectivity index (χ2v) is 7.19. The van der Waals surface area contributed by atoms with E-state index in [1.54, 1.807) is 0 Å². The topological polar surface area (TPSA) is 21.1 Å². The van der Waals surface area contributed by atoms with Gasteiger partial charge in [-0.1, -0.05) is 0 Å². The van der Waals surface area contributed by atoms with Gasteiger partial charge in [0.2, 0.25) is 0 Å². The fourth-order valence-electron chi connectivity index (χ4n) is 2.88. The van der Waals surface area contributed by atoms with Crippen molar-refractivity contribution in [3.8, 4) is 0 Å². The van der Waals surface area contributed by atoms with Gasteiger partial charge in [-0.25, -0.2) is 4.98 Å². The summed E-state index contributed by atoms with van der Waals surface area (Å²) in [7, 11) is 2.17. The molecule has 1 aliphatic rings. The number of hydrogen-bond donors (Lipinski definition) is 0. The van der Waals surface area contributed by atoms with Crippen LogP contribution in [0, 0.1) is 3.57 Å². The normalized spacial score (nSPS) is 22.2. The molecular formula is C14H17ClIN3. The monoisotopic (exact) mass is 389 g/mol. The third kappa shape index (κ3) is 2.50. The highest BCUT2D eigenvalue weighted by molar-refractivity contribution is 14.1. The lowest BCUT2D eigenvalue weighted by atomic mass is 10.2. The van der Waals surface area contributed by atoms with Crippen molar-refractivity contribution in [1.29, 1.82) is 0 Å². The Morgan fingerprint density at radius 2 is 2.26 bits per heavy atom. The van der Waals surface area contributed by atoms with Crippen LogP contribution >= 0.6 is 34.2 Å². The molecule has 1 aromatic heterocycles. The molecule has 2 atom stereocenters. The first kappa shape index (κ1) is 13.6. The number of alkyl halides is 1. The minimum atomic E-state index is -0.0593. The zero-order chi connectivity index (χ0) is 13.6. The van der Waals surface area contributed by atoms with Gasteiger partial charge in [0.15, 0.2) is 0 Å². The van der Waals surface area contributed by atoms with Crippen LogP contribution in [0.1, 0.15) is 30.6 Å². The maximum atomic E-state index is 6.34. The lowest BCUT2D eigenvalue weighted by Gasteiger charge is -2.17. The van der Waals surface area contributed by atoms with Gasteiger partial charge in [0.25, 0.3) is 0 Å². The first-order valence-corrected chi connectivity index (χ1v) is 8.08. The zero-order valence-electron chi connectivity index (χ0n) is 11.1. The van der Waals surface area contributed by atoms with Crippen molar-refractivity contribution in [1.82, 2.24) is 14.5 Å². The molecule has 0 N–H and O–H groups in total. The summed E-state index contributed by atoms with van der Waals surface area (Å²) in [5.74, 6) is 0.999. The molecule has 2 heterocycles. The Hall–Kier alpha value is -0.330. The third-order valence-electron chi connectivity index (χ3n) is 3.77. The molecule has 0 bridgehead atoms. The van der Waals surface area contributed by atoms with E-state index in [0.29, 0.717) is 6.04 Å². The summed E-state index contributed by atoms with van der Waals surface area (Å²) in [5.41, 5.74) is 2.27. The molecule has 1 fully saturated rings. The van der Waals surface area contributed by atoms with Crippen LogP contribution in [0.2, 0.25) is 0 Å². The standard InChI is InChI=1S/C14H17ClIN3/c1-9(15)14-17-12-7-10(16)3-4-13(12)19(14)11-5-6-18(2)8-11/h3-4,7,9,11H,5-6,8H2,1-2H3. The number of fused-ring (bicyclic) bond motifs is 1. The van der Waals surface area contributed by atoms with Crippen LogP contribution in [0.5, 0.6) is 0 Å². The summed E-state index contributed by atoms with van der Waals surface area (Å²) in [6.45, 7) is 4.22. The number of nitrogens with zero attached hydrogens (tertiary/aromatic N) is 3. The summed E-state index contributed by atoms with van der Waals surface area (Å²) in [5, 5.41) is -0.0593. The van der Waals surface area contributed by atoms with E-state index in [1.165, 1.54) is 15.5 Å². The lowest BCUT2D eigenvalue weighted by Crippen LogP contribution is -2.18. The van der Waals surface area contributed by atoms with Gasteiger partial charge in [-0.15, -0.1) is 11.6 Å². The van der Waals surface area contributed by atoms with Crippen molar-refractivity contribution in [3.05, 3.63) is 27.6 Å². The number of benzene rings is 1. The van der Waals surface area contributed by atoms with E-state index < -0.39 is 0 Å². The van der Waals surface area contributed by atoms with Crippen molar-refractivity contribution < 1.29 is 0 Å². The number of likely N-dealkylation sites (tertiary alicyclic amines) is 1. The second kappa shape index (κ2) is 5.22. The number of hydrogen-bond acceptors (Lipinski definition) is 2. The van der Waals surface area contributed by atoms with Crippen molar-refractivity contribution in [2.24, 2.45) is 0 Å². The van der Waals surface area contributed by atoms with Crippen molar-refractivity contribution in [3.63, 3.8) is 0 Å². The average Bonchev–Trinajstić information content (AvgIpc) is 2.91. The zero-order valence-corrected chi connectivity index (χ0v) is 14.0. The predicted octanol–water partition coefficient (Wildman–Crippen LogP) is 3.82. The number of rotatable bonds is 2. The Balaban J connectivity index is 2.16. The van der Waals surface area contributed by atoms with E-state index >= 15 is 0 Å². The summed E-state index contributed by atoms with van der Waals surface area (Å²) in [6.07, 6.45) is 1.17. The van der Waals surface area contributed by atoms with E-state index in [2.05, 4.69) is 57.3 Å². The van der Waals surface area contributed by atoms with E-state index in [-0.39, 0.29) is 5.38 Å². The maximum Gasteiger partial charge on any atom is 0.128 e. The number of halogens is 2. The van der Waals surface area contributed by atoms with Crippen LogP contribution in [-0.4, -0.2) is 34.6 Å². The quantitative estimate of drug-likeness (QED) is 0.575. The molecule has 1 saturated heterocycles. The van der Waals surface area contributed by atoms with E-state index in [0.717, 1.165) is 24.4 Å². The lowest BCUT2D eigenvalue weighted by molar-refractivity contribution is 0.392. The number of aromatic nitrogens is 2. The van der Waals surface area contributed by atoms with E-state index in [4.69, 9.17) is 16.6 Å². The van der Waals surface area contributed by atoms with Gasteiger partial charge in [-0.3, -0.25) is 0 Å². The first-order chi connectivity index (χ1) is 9.06. The van der Waals surface area contributed by atoms with E-state index in [1.807, 2.05) is 6.92 Å². The SMILES string of the molecule is CC(Cl)c1nc2cc(I)ccc2n1C1CCN(C)C1. The van der Waals surface area contributed by atoms with Crippen LogP contribution in [-0.2, 0) is 0 Å². The van der Waals surface area contributed by atoms with Gasteiger partial charge in [0.1, 0.15) is 5.82 Å². The summed E-state index contributed by atoms with van der Waals surface area (Å²) >= 11 is 8.66. The Labute approximate surface area is 132 Å². The van der Waals surface area contributed by atoms with Crippen LogP contribution < -0.4 is 0 Å². The van der Waals surface area contributed by atoms with Crippen molar-refractivity contribution >= 4 is 45.2 Å². The molecule has 0 aliphatic carbocycles. The van der Waals surface area contributed by atoms with Crippen LogP contribution in [0.15, 0.2) is 18.2 Å². The highest BCUT2D eigenvalue weighted by Crippen LogP contribution is 2.32. The molecule has 5 heteroatoms. The highest BCUT2D eigenvalue weighted by Gasteiger charge is 2.26. The predicted molar refractivity (Wildman–Crippen MR) is 87.9 cm³/mol. The first-order valence-electron chi connectivity index (χ1n) is 6.56. The van der Waals surface area contributed by atoms with Gasteiger partial charge in [0, 0.05) is 16.2 Å². The van der Waals surface area contributed by atoms with Gasteiger partial charge >= 0.3 is 0 Å². The molecule has 0 amide bonds. The fourth-order valence-corrected chi connectivity index (χ4v) is 3.51. The van der Waals surface area contributed by atoms with Crippen molar-refractivity contribution in [2.45, 2.75) is 24.8 Å². The Bertz CT molecular complexity index is 608. The smallest absolute Gasteiger partial charge is 0.128 e. The van der Waals surface area contributed by atoms with Crippen LogP contribution in [0.3, 0.4) is 0 Å². The molecule has 2 aromatic rings. The Morgan fingerprint density at radius 1 is 1.47 bits per heavy atom. The third-order valence-corrected chi connectivity index (χ3v) is 4.63. The molecule has 19 heavy (non-hydrogen) atoms. The molecule has 3 rings (SSSR count). The van der Waals surface area contributed by atoms with Crippen LogP contribution in [0.4, 0.5) is 0 Å².